The third kappa shape index (κ3) is 4.88. The molecule has 8 heteroatoms. The van der Waals surface area contributed by atoms with Gasteiger partial charge in [-0.15, -0.1) is 0 Å². The number of nitrogens with two attached hydrogens (primary N) is 1. The molecular weight excluding hydrogens is 283 g/mol. The Bertz CT molecular complexity index is 313. The molecule has 0 saturated heterocycles. The predicted molar refractivity (Wildman–Crippen MR) is 63.1 cm³/mol. The number of alkyl halides is 5. The maximum absolute atomic E-state index is 12.5. The second-order valence-electron chi connectivity index (χ2n) is 5.05. The first kappa shape index (κ1) is 17.1. The molecule has 2 N–H and O–H groups in total. The Morgan fingerprint density at radius 2 is 1.75 bits per heavy atom. The van der Waals surface area contributed by atoms with Gasteiger partial charge in [0, 0.05) is 19.0 Å². The number of amides is 1. The van der Waals surface area contributed by atoms with Crippen molar-refractivity contribution in [2.45, 2.75) is 38.3 Å². The van der Waals surface area contributed by atoms with Crippen LogP contribution in [0.5, 0.6) is 0 Å². The van der Waals surface area contributed by atoms with Gasteiger partial charge in [0.2, 0.25) is 5.91 Å². The van der Waals surface area contributed by atoms with Crippen LogP contribution in [0.1, 0.15) is 25.7 Å². The molecule has 118 valence electrons. The summed E-state index contributed by atoms with van der Waals surface area (Å²) in [6.45, 7) is -0.659. The van der Waals surface area contributed by atoms with Crippen molar-refractivity contribution in [2.24, 2.45) is 17.6 Å². The van der Waals surface area contributed by atoms with Crippen LogP contribution in [0.4, 0.5) is 22.0 Å². The fraction of sp³-hybridized carbons (Fsp3) is 0.917. The van der Waals surface area contributed by atoms with Crippen LogP contribution in [-0.2, 0) is 4.79 Å². The summed E-state index contributed by atoms with van der Waals surface area (Å²) in [6, 6.07) is 0. The fourth-order valence-electron chi connectivity index (χ4n) is 2.54. The second-order valence-corrected chi connectivity index (χ2v) is 5.05. The van der Waals surface area contributed by atoms with Crippen LogP contribution in [0.3, 0.4) is 0 Å². The van der Waals surface area contributed by atoms with Crippen LogP contribution in [0.2, 0.25) is 0 Å². The molecular formula is C12H19F5N2O. The third-order valence-corrected chi connectivity index (χ3v) is 3.61. The molecule has 0 unspecified atom stereocenters. The van der Waals surface area contributed by atoms with E-state index in [0.717, 1.165) is 4.90 Å². The number of carbonyl (C=O) groups is 1. The van der Waals surface area contributed by atoms with Gasteiger partial charge >= 0.3 is 6.18 Å². The summed E-state index contributed by atoms with van der Waals surface area (Å²) in [5.74, 6) is -2.49. The van der Waals surface area contributed by atoms with E-state index in [-0.39, 0.29) is 38.8 Å². The Morgan fingerprint density at radius 3 is 2.15 bits per heavy atom. The number of nitrogens with zero attached hydrogens (tertiary/aromatic N) is 1. The van der Waals surface area contributed by atoms with Crippen molar-refractivity contribution in [1.29, 1.82) is 0 Å². The highest BCUT2D eigenvalue weighted by molar-refractivity contribution is 5.79. The Morgan fingerprint density at radius 1 is 1.20 bits per heavy atom. The first-order valence-electron chi connectivity index (χ1n) is 6.59. The van der Waals surface area contributed by atoms with Gasteiger partial charge < -0.3 is 10.6 Å². The Hall–Kier alpha value is -0.920. The van der Waals surface area contributed by atoms with E-state index in [1.54, 1.807) is 0 Å². The lowest BCUT2D eigenvalue weighted by atomic mass is 9.81. The van der Waals surface area contributed by atoms with E-state index < -0.39 is 36.9 Å². The number of hydrogen-bond donors (Lipinski definition) is 1. The van der Waals surface area contributed by atoms with E-state index in [1.165, 1.54) is 0 Å². The zero-order valence-corrected chi connectivity index (χ0v) is 11.0. The number of rotatable bonds is 5. The molecule has 0 heterocycles. The lowest BCUT2D eigenvalue weighted by Crippen LogP contribution is -2.43. The molecule has 0 aromatic rings. The molecule has 20 heavy (non-hydrogen) atoms. The van der Waals surface area contributed by atoms with Crippen molar-refractivity contribution in [1.82, 2.24) is 4.90 Å². The van der Waals surface area contributed by atoms with Crippen molar-refractivity contribution in [2.75, 3.05) is 19.6 Å². The van der Waals surface area contributed by atoms with E-state index in [2.05, 4.69) is 0 Å². The summed E-state index contributed by atoms with van der Waals surface area (Å²) in [4.78, 5) is 13.0. The molecule has 0 radical (unpaired) electrons. The lowest BCUT2D eigenvalue weighted by molar-refractivity contribution is -0.185. The molecule has 1 aliphatic carbocycles. The molecule has 0 bridgehead atoms. The molecule has 1 aliphatic rings. The largest absolute Gasteiger partial charge is 0.391 e. The molecule has 0 aromatic carbocycles. The summed E-state index contributed by atoms with van der Waals surface area (Å²) in [5, 5.41) is 0. The molecule has 0 spiro atoms. The van der Waals surface area contributed by atoms with E-state index in [9.17, 15) is 26.7 Å². The first-order valence-corrected chi connectivity index (χ1v) is 6.59. The fourth-order valence-corrected chi connectivity index (χ4v) is 2.54. The smallest absolute Gasteiger partial charge is 0.335 e. The molecule has 1 amide bonds. The van der Waals surface area contributed by atoms with Gasteiger partial charge in [0.25, 0.3) is 6.43 Å². The van der Waals surface area contributed by atoms with E-state index in [0.29, 0.717) is 0 Å². The lowest BCUT2D eigenvalue weighted by Gasteiger charge is -2.32. The Kier molecular flexibility index (Phi) is 6.16. The van der Waals surface area contributed by atoms with Gasteiger partial charge in [-0.1, -0.05) is 0 Å². The summed E-state index contributed by atoms with van der Waals surface area (Å²) < 4.78 is 62.3. The molecule has 0 aliphatic heterocycles. The van der Waals surface area contributed by atoms with Gasteiger partial charge in [0.15, 0.2) is 0 Å². The third-order valence-electron chi connectivity index (χ3n) is 3.61. The Balaban J connectivity index is 2.55. The second kappa shape index (κ2) is 7.19. The first-order chi connectivity index (χ1) is 9.25. The minimum Gasteiger partial charge on any atom is -0.335 e. The number of halogens is 5. The minimum atomic E-state index is -4.24. The highest BCUT2D eigenvalue weighted by Crippen LogP contribution is 2.39. The number of carbonyl (C=O) groups excluding carboxylic acids is 1. The highest BCUT2D eigenvalue weighted by Gasteiger charge is 2.43. The quantitative estimate of drug-likeness (QED) is 0.793. The molecule has 1 rings (SSSR count). The highest BCUT2D eigenvalue weighted by atomic mass is 19.4. The van der Waals surface area contributed by atoms with Crippen LogP contribution in [0, 0.1) is 11.8 Å². The predicted octanol–water partition coefficient (Wildman–Crippen LogP) is 2.41. The molecule has 1 saturated carbocycles. The topological polar surface area (TPSA) is 46.3 Å². The zero-order chi connectivity index (χ0) is 15.3. The molecule has 0 atom stereocenters. The summed E-state index contributed by atoms with van der Waals surface area (Å²) in [7, 11) is 0. The van der Waals surface area contributed by atoms with Gasteiger partial charge in [-0.05, 0) is 25.7 Å². The van der Waals surface area contributed by atoms with Crippen molar-refractivity contribution >= 4 is 5.91 Å². The summed E-state index contributed by atoms with van der Waals surface area (Å²) >= 11 is 0. The van der Waals surface area contributed by atoms with E-state index in [4.69, 9.17) is 5.73 Å². The van der Waals surface area contributed by atoms with Crippen LogP contribution < -0.4 is 5.73 Å². The minimum absolute atomic E-state index is 0.00235. The van der Waals surface area contributed by atoms with Gasteiger partial charge in [-0.2, -0.15) is 13.2 Å². The zero-order valence-electron chi connectivity index (χ0n) is 11.0. The van der Waals surface area contributed by atoms with Gasteiger partial charge in [-0.3, -0.25) is 4.79 Å². The van der Waals surface area contributed by atoms with E-state index in [1.807, 2.05) is 0 Å². The molecule has 1 fully saturated rings. The van der Waals surface area contributed by atoms with Crippen molar-refractivity contribution in [3.8, 4) is 0 Å². The molecule has 0 aromatic heterocycles. The maximum atomic E-state index is 12.5. The van der Waals surface area contributed by atoms with Crippen LogP contribution in [0.25, 0.3) is 0 Å². The van der Waals surface area contributed by atoms with Crippen LogP contribution >= 0.6 is 0 Å². The van der Waals surface area contributed by atoms with Crippen LogP contribution in [-0.4, -0.2) is 43.0 Å². The monoisotopic (exact) mass is 302 g/mol. The maximum Gasteiger partial charge on any atom is 0.391 e. The molecule has 3 nitrogen and oxygen atoms in total. The average Bonchev–Trinajstić information content (AvgIpc) is 2.36. The summed E-state index contributed by atoms with van der Waals surface area (Å²) in [6.07, 6.45) is -6.97. The normalized spacial score (nSPS) is 23.9. The van der Waals surface area contributed by atoms with E-state index >= 15 is 0 Å². The number of hydrogen-bond acceptors (Lipinski definition) is 2. The standard InChI is InChI=1S/C12H19F5N2O/c13-10(14)7-19(6-5-18)11(20)8-1-3-9(4-2-8)12(15,16)17/h8-10H,1-7,18H2. The van der Waals surface area contributed by atoms with Crippen molar-refractivity contribution in [3.05, 3.63) is 0 Å². The van der Waals surface area contributed by atoms with Gasteiger partial charge in [0.05, 0.1) is 12.5 Å². The SMILES string of the molecule is NCCN(CC(F)F)C(=O)C1CCC(C(F)(F)F)CC1. The average molecular weight is 302 g/mol. The van der Waals surface area contributed by atoms with Crippen molar-refractivity contribution in [3.63, 3.8) is 0 Å². The van der Waals surface area contributed by atoms with Gasteiger partial charge in [0.1, 0.15) is 0 Å². The van der Waals surface area contributed by atoms with Crippen molar-refractivity contribution < 1.29 is 26.7 Å². The Labute approximate surface area is 114 Å². The van der Waals surface area contributed by atoms with Gasteiger partial charge in [-0.25, -0.2) is 8.78 Å². The van der Waals surface area contributed by atoms with Crippen LogP contribution in [0.15, 0.2) is 0 Å². The summed E-state index contributed by atoms with van der Waals surface area (Å²) in [5.41, 5.74) is 5.26.